The van der Waals surface area contributed by atoms with Crippen LogP contribution in [0.5, 0.6) is 0 Å². The molecule has 1 fully saturated rings. The van der Waals surface area contributed by atoms with Crippen molar-refractivity contribution >= 4 is 11.8 Å². The highest BCUT2D eigenvalue weighted by molar-refractivity contribution is 5.94. The Morgan fingerprint density at radius 2 is 1.88 bits per heavy atom. The number of hydrogen-bond acceptors (Lipinski definition) is 6. The van der Waals surface area contributed by atoms with Gasteiger partial charge in [0, 0.05) is 19.2 Å². The van der Waals surface area contributed by atoms with E-state index < -0.39 is 11.9 Å². The Labute approximate surface area is 143 Å². The van der Waals surface area contributed by atoms with Crippen LogP contribution in [-0.2, 0) is 11.8 Å². The topological polar surface area (TPSA) is 117 Å². The normalized spacial score (nSPS) is 19.4. The second-order valence-corrected chi connectivity index (χ2v) is 5.66. The Morgan fingerprint density at radius 1 is 1.12 bits per heavy atom. The number of rotatable bonds is 3. The maximum Gasteiger partial charge on any atom is 0.290 e. The molecule has 130 valence electrons. The minimum atomic E-state index is -0.602. The van der Waals surface area contributed by atoms with Crippen molar-refractivity contribution in [2.75, 3.05) is 0 Å². The van der Waals surface area contributed by atoms with E-state index in [0.29, 0.717) is 6.42 Å². The molecule has 2 aromatic rings. The molecule has 2 amide bonds. The van der Waals surface area contributed by atoms with Crippen LogP contribution < -0.4 is 27.3 Å². The molecule has 2 atom stereocenters. The fraction of sp³-hybridized carbons (Fsp3) is 0.250. The van der Waals surface area contributed by atoms with Crippen LogP contribution in [0.2, 0.25) is 0 Å². The van der Waals surface area contributed by atoms with Crippen molar-refractivity contribution in [3.63, 3.8) is 0 Å². The number of hydrogen-bond donors (Lipinski definition) is 4. The van der Waals surface area contributed by atoms with Gasteiger partial charge in [0.25, 0.3) is 17.4 Å². The molecule has 1 aliphatic rings. The van der Waals surface area contributed by atoms with Crippen LogP contribution in [-0.4, -0.2) is 27.6 Å². The number of aryl methyl sites for hydroxylation is 1. The van der Waals surface area contributed by atoms with Crippen molar-refractivity contribution in [2.45, 2.75) is 18.5 Å². The summed E-state index contributed by atoms with van der Waals surface area (Å²) in [6.07, 6.45) is 0.545. The second kappa shape index (κ2) is 7.24. The summed E-state index contributed by atoms with van der Waals surface area (Å²) in [6.45, 7) is 0. The lowest BCUT2D eigenvalue weighted by Crippen LogP contribution is -2.50. The van der Waals surface area contributed by atoms with Gasteiger partial charge in [0.05, 0.1) is 0 Å². The zero-order valence-electron chi connectivity index (χ0n) is 13.5. The lowest BCUT2D eigenvalue weighted by atomic mass is 10.0. The van der Waals surface area contributed by atoms with Gasteiger partial charge >= 0.3 is 0 Å². The molecule has 4 N–H and O–H groups in total. The Morgan fingerprint density at radius 3 is 2.60 bits per heavy atom. The Hall–Kier alpha value is -3.04. The van der Waals surface area contributed by atoms with E-state index in [1.807, 2.05) is 30.3 Å². The molecule has 9 heteroatoms. The molecule has 1 aromatic heterocycles. The van der Waals surface area contributed by atoms with Gasteiger partial charge in [-0.2, -0.15) is 5.10 Å². The molecule has 0 aliphatic carbocycles. The molecule has 1 saturated heterocycles. The van der Waals surface area contributed by atoms with E-state index in [1.54, 1.807) is 0 Å². The van der Waals surface area contributed by atoms with Gasteiger partial charge in [-0.05, 0) is 18.1 Å². The van der Waals surface area contributed by atoms with Crippen molar-refractivity contribution in [1.82, 2.24) is 31.5 Å². The molecule has 1 aliphatic heterocycles. The summed E-state index contributed by atoms with van der Waals surface area (Å²) in [6, 6.07) is 11.8. The number of benzene rings is 1. The summed E-state index contributed by atoms with van der Waals surface area (Å²) in [5.74, 6) is -0.974. The first-order chi connectivity index (χ1) is 12.0. The van der Waals surface area contributed by atoms with E-state index in [1.165, 1.54) is 19.2 Å². The van der Waals surface area contributed by atoms with E-state index in [4.69, 9.17) is 0 Å². The summed E-state index contributed by atoms with van der Waals surface area (Å²) in [7, 11) is 1.44. The third-order valence-corrected chi connectivity index (χ3v) is 3.91. The van der Waals surface area contributed by atoms with Crippen molar-refractivity contribution in [3.05, 3.63) is 64.1 Å². The SMILES string of the molecule is Cn1nc(C(=O)NNC(=O)C2CC(c3ccccc3)NN2)ccc1=O. The minimum absolute atomic E-state index is 0.0120. The predicted molar refractivity (Wildman–Crippen MR) is 88.9 cm³/mol. The Balaban J connectivity index is 1.53. The van der Waals surface area contributed by atoms with E-state index in [0.717, 1.165) is 10.2 Å². The molecule has 0 bridgehead atoms. The first-order valence-corrected chi connectivity index (χ1v) is 7.75. The summed E-state index contributed by atoms with van der Waals surface area (Å²) in [5, 5.41) is 3.81. The standard InChI is InChI=1S/C16H18N6O3/c1-22-14(23)8-7-11(21-22)15(24)19-20-16(25)13-9-12(17-18-13)10-5-3-2-4-6-10/h2-8,12-13,17-18H,9H2,1H3,(H,19,24)(H,20,25). The molecule has 0 spiro atoms. The fourth-order valence-corrected chi connectivity index (χ4v) is 2.53. The molecule has 9 nitrogen and oxygen atoms in total. The highest BCUT2D eigenvalue weighted by Crippen LogP contribution is 2.21. The number of aromatic nitrogens is 2. The number of nitrogens with one attached hydrogen (secondary N) is 4. The average molecular weight is 342 g/mol. The van der Waals surface area contributed by atoms with E-state index >= 15 is 0 Å². The number of carbonyl (C=O) groups is 2. The van der Waals surface area contributed by atoms with Crippen LogP contribution in [0.15, 0.2) is 47.3 Å². The zero-order valence-corrected chi connectivity index (χ0v) is 13.5. The molecule has 1 aromatic carbocycles. The summed E-state index contributed by atoms with van der Waals surface area (Å²) < 4.78 is 1.05. The van der Waals surface area contributed by atoms with Gasteiger partial charge < -0.3 is 0 Å². The van der Waals surface area contributed by atoms with Crippen LogP contribution >= 0.6 is 0 Å². The summed E-state index contributed by atoms with van der Waals surface area (Å²) >= 11 is 0. The third-order valence-electron chi connectivity index (χ3n) is 3.91. The largest absolute Gasteiger partial charge is 0.290 e. The Kier molecular flexibility index (Phi) is 4.87. The molecule has 25 heavy (non-hydrogen) atoms. The lowest BCUT2D eigenvalue weighted by molar-refractivity contribution is -0.123. The molecular formula is C16H18N6O3. The molecule has 2 unspecified atom stereocenters. The van der Waals surface area contributed by atoms with Gasteiger partial charge in [-0.25, -0.2) is 15.5 Å². The fourth-order valence-electron chi connectivity index (χ4n) is 2.53. The van der Waals surface area contributed by atoms with Gasteiger partial charge in [-0.1, -0.05) is 30.3 Å². The predicted octanol–water partition coefficient (Wildman–Crippen LogP) is -0.851. The maximum atomic E-state index is 12.2. The van der Waals surface area contributed by atoms with Crippen molar-refractivity contribution in [1.29, 1.82) is 0 Å². The van der Waals surface area contributed by atoms with Gasteiger partial charge in [0.2, 0.25) is 0 Å². The van der Waals surface area contributed by atoms with E-state index in [2.05, 4.69) is 26.8 Å². The van der Waals surface area contributed by atoms with Gasteiger partial charge in [0.1, 0.15) is 6.04 Å². The monoisotopic (exact) mass is 342 g/mol. The van der Waals surface area contributed by atoms with Gasteiger partial charge in [0.15, 0.2) is 5.69 Å². The highest BCUT2D eigenvalue weighted by Gasteiger charge is 2.30. The first-order valence-electron chi connectivity index (χ1n) is 7.75. The van der Waals surface area contributed by atoms with E-state index in [9.17, 15) is 14.4 Å². The van der Waals surface area contributed by atoms with Crippen LogP contribution in [0, 0.1) is 0 Å². The molecule has 2 heterocycles. The average Bonchev–Trinajstić information content (AvgIpc) is 3.12. The minimum Gasteiger partial charge on any atom is -0.271 e. The number of hydrazine groups is 2. The number of carbonyl (C=O) groups excluding carboxylic acids is 2. The number of amides is 2. The van der Waals surface area contributed by atoms with E-state index in [-0.39, 0.29) is 23.2 Å². The lowest BCUT2D eigenvalue weighted by Gasteiger charge is -2.11. The van der Waals surface area contributed by atoms with Crippen LogP contribution in [0.4, 0.5) is 0 Å². The van der Waals surface area contributed by atoms with Crippen molar-refractivity contribution in [3.8, 4) is 0 Å². The highest BCUT2D eigenvalue weighted by atomic mass is 16.2. The summed E-state index contributed by atoms with van der Waals surface area (Å²) in [4.78, 5) is 35.4. The quantitative estimate of drug-likeness (QED) is 0.540. The molecule has 0 saturated carbocycles. The summed E-state index contributed by atoms with van der Waals surface area (Å²) in [5.41, 5.74) is 11.4. The molecule has 3 rings (SSSR count). The smallest absolute Gasteiger partial charge is 0.271 e. The third kappa shape index (κ3) is 3.90. The molecule has 0 radical (unpaired) electrons. The number of nitrogens with zero attached hydrogens (tertiary/aromatic N) is 2. The van der Waals surface area contributed by atoms with Crippen molar-refractivity contribution in [2.24, 2.45) is 7.05 Å². The van der Waals surface area contributed by atoms with Crippen LogP contribution in [0.25, 0.3) is 0 Å². The van der Waals surface area contributed by atoms with Crippen molar-refractivity contribution < 1.29 is 9.59 Å². The van der Waals surface area contributed by atoms with Gasteiger partial charge in [-0.15, -0.1) is 0 Å². The van der Waals surface area contributed by atoms with Gasteiger partial charge in [-0.3, -0.25) is 25.2 Å². The van der Waals surface area contributed by atoms with Crippen LogP contribution in [0.3, 0.4) is 0 Å². The maximum absolute atomic E-state index is 12.2. The zero-order chi connectivity index (χ0) is 17.8. The van der Waals surface area contributed by atoms with Crippen LogP contribution in [0.1, 0.15) is 28.5 Å². The molecular weight excluding hydrogens is 324 g/mol. The first kappa shape index (κ1) is 16.8. The Bertz CT molecular complexity index is 835. The second-order valence-electron chi connectivity index (χ2n) is 5.66.